The fourth-order valence-electron chi connectivity index (χ4n) is 5.52. The highest BCUT2D eigenvalue weighted by atomic mass is 16.5. The van der Waals surface area contributed by atoms with Gasteiger partial charge in [0, 0.05) is 57.4 Å². The van der Waals surface area contributed by atoms with Crippen LogP contribution in [0.5, 0.6) is 0 Å². The Hall–Kier alpha value is -0.850. The average molecular weight is 379 g/mol. The van der Waals surface area contributed by atoms with Gasteiger partial charge in [-0.05, 0) is 51.4 Å². The van der Waals surface area contributed by atoms with Crippen molar-refractivity contribution >= 4 is 5.96 Å². The number of likely N-dealkylation sites (tertiary alicyclic amines) is 1. The van der Waals surface area contributed by atoms with Crippen molar-refractivity contribution < 1.29 is 9.47 Å². The normalized spacial score (nSPS) is 34.3. The van der Waals surface area contributed by atoms with Crippen molar-refractivity contribution in [1.29, 1.82) is 0 Å². The van der Waals surface area contributed by atoms with E-state index in [1.807, 2.05) is 7.05 Å². The van der Waals surface area contributed by atoms with Gasteiger partial charge in [0.15, 0.2) is 5.96 Å². The van der Waals surface area contributed by atoms with Gasteiger partial charge in [0.1, 0.15) is 0 Å². The van der Waals surface area contributed by atoms with Crippen LogP contribution in [-0.2, 0) is 9.47 Å². The molecular weight excluding hydrogens is 340 g/mol. The zero-order valence-electron chi connectivity index (χ0n) is 17.2. The van der Waals surface area contributed by atoms with E-state index in [2.05, 4.69) is 27.4 Å². The third-order valence-electron chi connectivity index (χ3n) is 7.44. The smallest absolute Gasteiger partial charge is 0.191 e. The molecule has 0 aromatic carbocycles. The number of nitrogens with one attached hydrogen (secondary N) is 2. The Balaban J connectivity index is 1.21. The van der Waals surface area contributed by atoms with Gasteiger partial charge in [0.25, 0.3) is 0 Å². The van der Waals surface area contributed by atoms with Gasteiger partial charge in [-0.2, -0.15) is 0 Å². The molecule has 0 aromatic rings. The first-order chi connectivity index (χ1) is 13.2. The third kappa shape index (κ3) is 4.13. The largest absolute Gasteiger partial charge is 0.381 e. The lowest BCUT2D eigenvalue weighted by Crippen LogP contribution is -2.69. The predicted octanol–water partition coefficient (Wildman–Crippen LogP) is 2.00. The average Bonchev–Trinajstić information content (AvgIpc) is 3.13. The molecule has 2 N–H and O–H groups in total. The molecule has 4 aliphatic rings. The Morgan fingerprint density at radius 3 is 2.63 bits per heavy atom. The maximum absolute atomic E-state index is 5.98. The lowest BCUT2D eigenvalue weighted by Gasteiger charge is -2.61. The minimum absolute atomic E-state index is 0.375. The molecule has 27 heavy (non-hydrogen) atoms. The van der Waals surface area contributed by atoms with E-state index in [1.54, 1.807) is 0 Å². The van der Waals surface area contributed by atoms with Crippen molar-refractivity contribution in [2.45, 2.75) is 70.1 Å². The SMILES string of the molecule is CCOC1CC(NC(=NC)NC2CCN(CC3CCOC3)CC2)C12CCC2. The third-order valence-corrected chi connectivity index (χ3v) is 7.44. The molecule has 2 aliphatic heterocycles. The Labute approximate surface area is 164 Å². The first kappa shape index (κ1) is 19.5. The van der Waals surface area contributed by atoms with Crippen molar-refractivity contribution in [3.05, 3.63) is 0 Å². The van der Waals surface area contributed by atoms with Crippen LogP contribution in [0.2, 0.25) is 0 Å². The van der Waals surface area contributed by atoms with Crippen molar-refractivity contribution in [3.8, 4) is 0 Å². The van der Waals surface area contributed by atoms with Crippen LogP contribution in [0.1, 0.15) is 51.9 Å². The second-order valence-corrected chi connectivity index (χ2v) is 8.98. The quantitative estimate of drug-likeness (QED) is 0.547. The van der Waals surface area contributed by atoms with Gasteiger partial charge in [-0.3, -0.25) is 4.99 Å². The maximum Gasteiger partial charge on any atom is 0.191 e. The summed E-state index contributed by atoms with van der Waals surface area (Å²) in [6.07, 6.45) is 9.16. The highest BCUT2D eigenvalue weighted by Crippen LogP contribution is 2.57. The molecule has 0 radical (unpaired) electrons. The standard InChI is InChI=1S/C21H38N4O2/c1-3-27-19-13-18(21(19)8-4-9-21)24-20(22-2)23-17-5-10-25(11-6-17)14-16-7-12-26-15-16/h16-19H,3-15H2,1-2H3,(H2,22,23,24). The summed E-state index contributed by atoms with van der Waals surface area (Å²) in [6, 6.07) is 1.06. The number of hydrogen-bond acceptors (Lipinski definition) is 4. The highest BCUT2D eigenvalue weighted by Gasteiger charge is 2.59. The molecule has 2 saturated carbocycles. The summed E-state index contributed by atoms with van der Waals surface area (Å²) < 4.78 is 11.5. The number of aliphatic imine (C=N–C) groups is 1. The molecule has 2 aliphatic carbocycles. The van der Waals surface area contributed by atoms with E-state index in [0.29, 0.717) is 23.6 Å². The van der Waals surface area contributed by atoms with Crippen molar-refractivity contribution in [2.24, 2.45) is 16.3 Å². The molecular formula is C21H38N4O2. The predicted molar refractivity (Wildman–Crippen MR) is 108 cm³/mol. The zero-order chi connectivity index (χ0) is 18.7. The molecule has 6 nitrogen and oxygen atoms in total. The number of ether oxygens (including phenoxy) is 2. The van der Waals surface area contributed by atoms with Crippen LogP contribution in [0.3, 0.4) is 0 Å². The summed E-state index contributed by atoms with van der Waals surface area (Å²) in [6.45, 7) is 8.44. The Bertz CT molecular complexity index is 508. The zero-order valence-corrected chi connectivity index (χ0v) is 17.2. The minimum Gasteiger partial charge on any atom is -0.381 e. The van der Waals surface area contributed by atoms with Gasteiger partial charge < -0.3 is 25.0 Å². The summed E-state index contributed by atoms with van der Waals surface area (Å²) in [5.41, 5.74) is 0.375. The summed E-state index contributed by atoms with van der Waals surface area (Å²) in [4.78, 5) is 7.15. The fourth-order valence-corrected chi connectivity index (χ4v) is 5.52. The van der Waals surface area contributed by atoms with Gasteiger partial charge in [0.2, 0.25) is 0 Å². The lowest BCUT2D eigenvalue weighted by molar-refractivity contribution is -0.168. The molecule has 154 valence electrons. The van der Waals surface area contributed by atoms with E-state index < -0.39 is 0 Å². The van der Waals surface area contributed by atoms with Crippen molar-refractivity contribution in [1.82, 2.24) is 15.5 Å². The molecule has 0 aromatic heterocycles. The van der Waals surface area contributed by atoms with Gasteiger partial charge in [-0.1, -0.05) is 6.42 Å². The Morgan fingerprint density at radius 1 is 1.22 bits per heavy atom. The van der Waals surface area contributed by atoms with Crippen LogP contribution in [0.15, 0.2) is 4.99 Å². The van der Waals surface area contributed by atoms with Gasteiger partial charge >= 0.3 is 0 Å². The minimum atomic E-state index is 0.375. The second-order valence-electron chi connectivity index (χ2n) is 8.98. The Morgan fingerprint density at radius 2 is 2.04 bits per heavy atom. The summed E-state index contributed by atoms with van der Waals surface area (Å²) >= 11 is 0. The first-order valence-corrected chi connectivity index (χ1v) is 11.1. The summed E-state index contributed by atoms with van der Waals surface area (Å²) in [7, 11) is 1.90. The number of piperidine rings is 1. The molecule has 0 bridgehead atoms. The molecule has 3 atom stereocenters. The van der Waals surface area contributed by atoms with Crippen LogP contribution in [0, 0.1) is 11.3 Å². The van der Waals surface area contributed by atoms with Crippen LogP contribution in [-0.4, -0.2) is 75.5 Å². The molecule has 6 heteroatoms. The number of guanidine groups is 1. The van der Waals surface area contributed by atoms with E-state index in [4.69, 9.17) is 9.47 Å². The van der Waals surface area contributed by atoms with Crippen molar-refractivity contribution in [2.75, 3.05) is 46.5 Å². The van der Waals surface area contributed by atoms with Gasteiger partial charge in [0.05, 0.1) is 12.7 Å². The monoisotopic (exact) mass is 378 g/mol. The van der Waals surface area contributed by atoms with Gasteiger partial charge in [-0.25, -0.2) is 0 Å². The van der Waals surface area contributed by atoms with E-state index in [1.165, 1.54) is 58.2 Å². The van der Waals surface area contributed by atoms with Gasteiger partial charge in [-0.15, -0.1) is 0 Å². The van der Waals surface area contributed by atoms with Crippen molar-refractivity contribution in [3.63, 3.8) is 0 Å². The maximum atomic E-state index is 5.98. The molecule has 1 spiro atoms. The number of hydrogen-bond donors (Lipinski definition) is 2. The molecule has 3 unspecified atom stereocenters. The van der Waals surface area contributed by atoms with Crippen LogP contribution < -0.4 is 10.6 Å². The fraction of sp³-hybridized carbons (Fsp3) is 0.952. The molecule has 2 saturated heterocycles. The van der Waals surface area contributed by atoms with Crippen LogP contribution in [0.4, 0.5) is 0 Å². The van der Waals surface area contributed by atoms with E-state index in [0.717, 1.165) is 38.1 Å². The highest BCUT2D eigenvalue weighted by molar-refractivity contribution is 5.80. The van der Waals surface area contributed by atoms with Crippen LogP contribution >= 0.6 is 0 Å². The first-order valence-electron chi connectivity index (χ1n) is 11.1. The molecule has 2 heterocycles. The number of nitrogens with zero attached hydrogens (tertiary/aromatic N) is 2. The topological polar surface area (TPSA) is 58.1 Å². The molecule has 0 amide bonds. The molecule has 4 rings (SSSR count). The summed E-state index contributed by atoms with van der Waals surface area (Å²) in [5.74, 6) is 1.74. The second kappa shape index (κ2) is 8.66. The van der Waals surface area contributed by atoms with Crippen LogP contribution in [0.25, 0.3) is 0 Å². The lowest BCUT2D eigenvalue weighted by atomic mass is 9.51. The van der Waals surface area contributed by atoms with E-state index in [-0.39, 0.29) is 0 Å². The Kier molecular flexibility index (Phi) is 6.25. The number of rotatable bonds is 6. The van der Waals surface area contributed by atoms with E-state index in [9.17, 15) is 0 Å². The van der Waals surface area contributed by atoms with E-state index >= 15 is 0 Å². The molecule has 4 fully saturated rings. The summed E-state index contributed by atoms with van der Waals surface area (Å²) in [5, 5.41) is 7.43.